The SMILES string of the molecule is CC(C1CC1)N(C)c1cccc(F)c1N. The van der Waals surface area contributed by atoms with Gasteiger partial charge in [-0.2, -0.15) is 0 Å². The van der Waals surface area contributed by atoms with Crippen LogP contribution in [0.2, 0.25) is 0 Å². The molecule has 0 spiro atoms. The van der Waals surface area contributed by atoms with Crippen molar-refractivity contribution in [3.05, 3.63) is 24.0 Å². The summed E-state index contributed by atoms with van der Waals surface area (Å²) in [4.78, 5) is 2.08. The zero-order valence-electron chi connectivity index (χ0n) is 9.20. The Morgan fingerprint density at radius 1 is 1.47 bits per heavy atom. The maximum Gasteiger partial charge on any atom is 0.148 e. The predicted octanol–water partition coefficient (Wildman–Crippen LogP) is 2.64. The molecule has 0 radical (unpaired) electrons. The summed E-state index contributed by atoms with van der Waals surface area (Å²) >= 11 is 0. The molecule has 1 saturated carbocycles. The van der Waals surface area contributed by atoms with Crippen LogP contribution in [0.15, 0.2) is 18.2 Å². The van der Waals surface area contributed by atoms with Gasteiger partial charge < -0.3 is 10.6 Å². The van der Waals surface area contributed by atoms with Crippen molar-refractivity contribution in [3.8, 4) is 0 Å². The third-order valence-corrected chi connectivity index (χ3v) is 3.33. The lowest BCUT2D eigenvalue weighted by Gasteiger charge is -2.28. The standard InChI is InChI=1S/C12H17FN2/c1-8(9-6-7-9)15(2)11-5-3-4-10(13)12(11)14/h3-5,8-9H,6-7,14H2,1-2H3. The average Bonchev–Trinajstić information content (AvgIpc) is 3.03. The van der Waals surface area contributed by atoms with Crippen molar-refractivity contribution < 1.29 is 4.39 Å². The van der Waals surface area contributed by atoms with Gasteiger partial charge in [-0.3, -0.25) is 0 Å². The van der Waals surface area contributed by atoms with Crippen molar-refractivity contribution in [2.45, 2.75) is 25.8 Å². The van der Waals surface area contributed by atoms with E-state index < -0.39 is 0 Å². The number of hydrogen-bond acceptors (Lipinski definition) is 2. The van der Waals surface area contributed by atoms with Crippen LogP contribution in [-0.4, -0.2) is 13.1 Å². The summed E-state index contributed by atoms with van der Waals surface area (Å²) in [6, 6.07) is 5.41. The minimum absolute atomic E-state index is 0.257. The van der Waals surface area contributed by atoms with E-state index in [4.69, 9.17) is 5.73 Å². The fourth-order valence-corrected chi connectivity index (χ4v) is 1.95. The molecule has 3 heteroatoms. The molecule has 1 unspecified atom stereocenters. The Morgan fingerprint density at radius 3 is 2.73 bits per heavy atom. The molecule has 1 aromatic carbocycles. The van der Waals surface area contributed by atoms with Crippen molar-refractivity contribution in [2.75, 3.05) is 17.7 Å². The second kappa shape index (κ2) is 3.72. The van der Waals surface area contributed by atoms with E-state index in [0.717, 1.165) is 11.6 Å². The van der Waals surface area contributed by atoms with Crippen LogP contribution in [-0.2, 0) is 0 Å². The lowest BCUT2D eigenvalue weighted by atomic mass is 10.1. The number of hydrogen-bond donors (Lipinski definition) is 1. The van der Waals surface area contributed by atoms with E-state index in [2.05, 4.69) is 11.8 Å². The summed E-state index contributed by atoms with van der Waals surface area (Å²) in [7, 11) is 1.98. The molecule has 2 N–H and O–H groups in total. The van der Waals surface area contributed by atoms with Gasteiger partial charge in [0.05, 0.1) is 11.4 Å². The third kappa shape index (κ3) is 1.91. The zero-order valence-corrected chi connectivity index (χ0v) is 9.20. The van der Waals surface area contributed by atoms with Gasteiger partial charge in [0.1, 0.15) is 5.82 Å². The number of para-hydroxylation sites is 1. The molecule has 0 heterocycles. The maximum absolute atomic E-state index is 13.3. The molecule has 0 saturated heterocycles. The quantitative estimate of drug-likeness (QED) is 0.774. The van der Waals surface area contributed by atoms with Gasteiger partial charge in [0.15, 0.2) is 0 Å². The molecular formula is C12H17FN2. The Hall–Kier alpha value is -1.25. The lowest BCUT2D eigenvalue weighted by Crippen LogP contribution is -2.31. The molecule has 1 fully saturated rings. The van der Waals surface area contributed by atoms with Crippen molar-refractivity contribution in [2.24, 2.45) is 5.92 Å². The number of benzene rings is 1. The topological polar surface area (TPSA) is 29.3 Å². The van der Waals surface area contributed by atoms with Crippen LogP contribution in [0.3, 0.4) is 0 Å². The predicted molar refractivity (Wildman–Crippen MR) is 61.4 cm³/mol. The van der Waals surface area contributed by atoms with Crippen LogP contribution in [0.4, 0.5) is 15.8 Å². The molecule has 0 amide bonds. The molecule has 0 bridgehead atoms. The smallest absolute Gasteiger partial charge is 0.148 e. The largest absolute Gasteiger partial charge is 0.395 e. The summed E-state index contributed by atoms with van der Waals surface area (Å²) in [6.45, 7) is 2.17. The fourth-order valence-electron chi connectivity index (χ4n) is 1.95. The summed E-state index contributed by atoms with van der Waals surface area (Å²) in [5.41, 5.74) is 6.78. The molecule has 82 valence electrons. The van der Waals surface area contributed by atoms with Crippen LogP contribution >= 0.6 is 0 Å². The van der Waals surface area contributed by atoms with Crippen LogP contribution in [0, 0.1) is 11.7 Å². The summed E-state index contributed by atoms with van der Waals surface area (Å²) in [6.07, 6.45) is 2.56. The first kappa shape index (κ1) is 10.3. The summed E-state index contributed by atoms with van der Waals surface area (Å²) in [5, 5.41) is 0. The Kier molecular flexibility index (Phi) is 2.55. The number of anilines is 2. The van der Waals surface area contributed by atoms with Gasteiger partial charge in [-0.15, -0.1) is 0 Å². The zero-order chi connectivity index (χ0) is 11.0. The van der Waals surface area contributed by atoms with Gasteiger partial charge in [0.25, 0.3) is 0 Å². The summed E-state index contributed by atoms with van der Waals surface area (Å²) in [5.74, 6) is 0.417. The minimum atomic E-state index is -0.331. The van der Waals surface area contributed by atoms with E-state index in [9.17, 15) is 4.39 Å². The highest BCUT2D eigenvalue weighted by Crippen LogP contribution is 2.37. The monoisotopic (exact) mass is 208 g/mol. The Balaban J connectivity index is 2.24. The molecule has 2 rings (SSSR count). The Morgan fingerprint density at radius 2 is 2.13 bits per heavy atom. The first-order valence-corrected chi connectivity index (χ1v) is 5.38. The van der Waals surface area contributed by atoms with E-state index in [1.807, 2.05) is 13.1 Å². The van der Waals surface area contributed by atoms with E-state index in [1.165, 1.54) is 18.9 Å². The second-order valence-corrected chi connectivity index (χ2v) is 4.36. The molecule has 2 nitrogen and oxygen atoms in total. The van der Waals surface area contributed by atoms with Crippen LogP contribution < -0.4 is 10.6 Å². The van der Waals surface area contributed by atoms with Gasteiger partial charge in [-0.05, 0) is 37.8 Å². The molecule has 1 atom stereocenters. The van der Waals surface area contributed by atoms with Gasteiger partial charge in [-0.25, -0.2) is 4.39 Å². The molecule has 0 aromatic heterocycles. The van der Waals surface area contributed by atoms with Crippen LogP contribution in [0.25, 0.3) is 0 Å². The highest BCUT2D eigenvalue weighted by molar-refractivity contribution is 5.68. The second-order valence-electron chi connectivity index (χ2n) is 4.36. The van der Waals surface area contributed by atoms with E-state index in [-0.39, 0.29) is 11.5 Å². The van der Waals surface area contributed by atoms with E-state index in [1.54, 1.807) is 6.07 Å². The van der Waals surface area contributed by atoms with Crippen LogP contribution in [0.5, 0.6) is 0 Å². The van der Waals surface area contributed by atoms with Crippen molar-refractivity contribution in [1.29, 1.82) is 0 Å². The minimum Gasteiger partial charge on any atom is -0.395 e. The number of nitrogens with zero attached hydrogens (tertiary/aromatic N) is 1. The van der Waals surface area contributed by atoms with E-state index >= 15 is 0 Å². The highest BCUT2D eigenvalue weighted by Gasteiger charge is 2.31. The van der Waals surface area contributed by atoms with Crippen molar-refractivity contribution in [3.63, 3.8) is 0 Å². The number of nitrogens with two attached hydrogens (primary N) is 1. The molecule has 1 aliphatic carbocycles. The highest BCUT2D eigenvalue weighted by atomic mass is 19.1. The maximum atomic E-state index is 13.3. The molecule has 15 heavy (non-hydrogen) atoms. The molecule has 1 aliphatic rings. The van der Waals surface area contributed by atoms with Crippen molar-refractivity contribution in [1.82, 2.24) is 0 Å². The molecular weight excluding hydrogens is 191 g/mol. The van der Waals surface area contributed by atoms with Gasteiger partial charge in [0, 0.05) is 13.1 Å². The number of halogens is 1. The lowest BCUT2D eigenvalue weighted by molar-refractivity contribution is 0.603. The van der Waals surface area contributed by atoms with Crippen molar-refractivity contribution >= 4 is 11.4 Å². The first-order valence-electron chi connectivity index (χ1n) is 5.38. The number of rotatable bonds is 3. The van der Waals surface area contributed by atoms with Gasteiger partial charge in [0.2, 0.25) is 0 Å². The van der Waals surface area contributed by atoms with Gasteiger partial charge >= 0.3 is 0 Å². The van der Waals surface area contributed by atoms with E-state index in [0.29, 0.717) is 6.04 Å². The summed E-state index contributed by atoms with van der Waals surface area (Å²) < 4.78 is 13.3. The Labute approximate surface area is 89.9 Å². The first-order chi connectivity index (χ1) is 7.11. The Bertz CT molecular complexity index is 361. The average molecular weight is 208 g/mol. The molecule has 0 aliphatic heterocycles. The number of nitrogen functional groups attached to an aromatic ring is 1. The normalized spacial score (nSPS) is 17.5. The van der Waals surface area contributed by atoms with Gasteiger partial charge in [-0.1, -0.05) is 6.07 Å². The third-order valence-electron chi connectivity index (χ3n) is 3.33. The molecule has 1 aromatic rings. The fraction of sp³-hybridized carbons (Fsp3) is 0.500. The van der Waals surface area contributed by atoms with Crippen LogP contribution in [0.1, 0.15) is 19.8 Å².